The van der Waals surface area contributed by atoms with E-state index in [0.29, 0.717) is 18.3 Å². The van der Waals surface area contributed by atoms with E-state index in [1.165, 1.54) is 0 Å². The van der Waals surface area contributed by atoms with Crippen LogP contribution in [0.15, 0.2) is 24.5 Å². The predicted octanol–water partition coefficient (Wildman–Crippen LogP) is 2.14. The van der Waals surface area contributed by atoms with E-state index in [1.807, 2.05) is 18.3 Å². The number of aliphatic carboxylic acids is 1. The van der Waals surface area contributed by atoms with Gasteiger partial charge in [0, 0.05) is 18.9 Å². The maximum Gasteiger partial charge on any atom is 0.417 e. The Morgan fingerprint density at radius 3 is 2.67 bits per heavy atom. The van der Waals surface area contributed by atoms with Crippen molar-refractivity contribution in [3.8, 4) is 0 Å². The number of carboxylic acid groups (broad SMARTS) is 1. The summed E-state index contributed by atoms with van der Waals surface area (Å²) in [7, 11) is 0. The fourth-order valence-electron chi connectivity index (χ4n) is 1.85. The topological polar surface area (TPSA) is 66.6 Å². The van der Waals surface area contributed by atoms with Gasteiger partial charge in [0.05, 0.1) is 5.69 Å². The lowest BCUT2D eigenvalue weighted by Crippen LogP contribution is -2.59. The first-order valence-electron chi connectivity index (χ1n) is 6.13. The number of hydrogen-bond donors (Lipinski definition) is 2. The van der Waals surface area contributed by atoms with Crippen molar-refractivity contribution in [2.45, 2.75) is 32.1 Å². The molecule has 0 aromatic carbocycles. The summed E-state index contributed by atoms with van der Waals surface area (Å²) in [6, 6.07) is 3.62. The van der Waals surface area contributed by atoms with Crippen molar-refractivity contribution in [2.24, 2.45) is 0 Å². The van der Waals surface area contributed by atoms with E-state index in [1.54, 1.807) is 22.9 Å². The number of fused-ring (bicyclic) bond motifs is 1. The summed E-state index contributed by atoms with van der Waals surface area (Å²) in [5.41, 5.74) is -1.18. The summed E-state index contributed by atoms with van der Waals surface area (Å²) in [6.45, 7) is 2.12. The summed E-state index contributed by atoms with van der Waals surface area (Å²) in [5.74, 6) is -1.98. The number of nitrogens with zero attached hydrogens (tertiary/aromatic N) is 2. The van der Waals surface area contributed by atoms with E-state index >= 15 is 0 Å². The molecule has 2 aromatic heterocycles. The summed E-state index contributed by atoms with van der Waals surface area (Å²) in [4.78, 5) is 15.1. The molecule has 5 nitrogen and oxygen atoms in total. The predicted molar refractivity (Wildman–Crippen MR) is 68.9 cm³/mol. The van der Waals surface area contributed by atoms with E-state index in [2.05, 4.69) is 4.98 Å². The molecule has 0 radical (unpaired) electrons. The van der Waals surface area contributed by atoms with E-state index < -0.39 is 17.7 Å². The highest BCUT2D eigenvalue weighted by atomic mass is 19.4. The molecule has 0 aliphatic carbocycles. The van der Waals surface area contributed by atoms with Gasteiger partial charge >= 0.3 is 12.1 Å². The Labute approximate surface area is 118 Å². The van der Waals surface area contributed by atoms with Crippen molar-refractivity contribution in [1.82, 2.24) is 14.7 Å². The Hall–Kier alpha value is -2.09. The van der Waals surface area contributed by atoms with Crippen LogP contribution in [0.5, 0.6) is 0 Å². The molecule has 2 heterocycles. The first-order chi connectivity index (χ1) is 9.65. The van der Waals surface area contributed by atoms with Gasteiger partial charge in [-0.25, -0.2) is 9.78 Å². The summed E-state index contributed by atoms with van der Waals surface area (Å²) in [6.07, 6.45) is -1.62. The highest BCUT2D eigenvalue weighted by molar-refractivity contribution is 5.79. The van der Waals surface area contributed by atoms with Crippen LogP contribution in [0.3, 0.4) is 0 Å². The molecule has 114 valence electrons. The SMILES string of the molecule is Cc1cccn2cc(CNC(C)(C(=O)O)C(F)(F)F)nc12. The number of hydrogen-bond acceptors (Lipinski definition) is 3. The number of aromatic nitrogens is 2. The van der Waals surface area contributed by atoms with E-state index in [-0.39, 0.29) is 6.54 Å². The minimum Gasteiger partial charge on any atom is -0.480 e. The molecular formula is C13H14F3N3O2. The summed E-state index contributed by atoms with van der Waals surface area (Å²) in [5, 5.41) is 10.9. The van der Waals surface area contributed by atoms with Gasteiger partial charge in [0.15, 0.2) is 0 Å². The number of pyridine rings is 1. The molecule has 2 N–H and O–H groups in total. The lowest BCUT2D eigenvalue weighted by Gasteiger charge is -2.28. The monoisotopic (exact) mass is 301 g/mol. The number of carboxylic acids is 1. The number of rotatable bonds is 4. The average Bonchev–Trinajstić information content (AvgIpc) is 2.78. The smallest absolute Gasteiger partial charge is 0.417 e. The highest BCUT2D eigenvalue weighted by Gasteiger charge is 2.57. The van der Waals surface area contributed by atoms with Crippen molar-refractivity contribution in [3.05, 3.63) is 35.8 Å². The number of aryl methyl sites for hydroxylation is 1. The van der Waals surface area contributed by atoms with Crippen LogP contribution < -0.4 is 5.32 Å². The molecule has 0 bridgehead atoms. The second kappa shape index (κ2) is 5.03. The fraction of sp³-hybridized carbons (Fsp3) is 0.385. The largest absolute Gasteiger partial charge is 0.480 e. The first kappa shape index (κ1) is 15.3. The second-order valence-electron chi connectivity index (χ2n) is 4.94. The molecule has 0 fully saturated rings. The minimum absolute atomic E-state index is 0.302. The molecule has 21 heavy (non-hydrogen) atoms. The van der Waals surface area contributed by atoms with Gasteiger partial charge in [-0.1, -0.05) is 6.07 Å². The van der Waals surface area contributed by atoms with Gasteiger partial charge < -0.3 is 9.51 Å². The van der Waals surface area contributed by atoms with Crippen molar-refractivity contribution >= 4 is 11.6 Å². The molecule has 0 aliphatic rings. The van der Waals surface area contributed by atoms with Gasteiger partial charge in [0.25, 0.3) is 0 Å². The molecule has 2 aromatic rings. The Morgan fingerprint density at radius 2 is 2.14 bits per heavy atom. The second-order valence-corrected chi connectivity index (χ2v) is 4.94. The van der Waals surface area contributed by atoms with Crippen LogP contribution in [0, 0.1) is 6.92 Å². The number of halogens is 3. The zero-order chi connectivity index (χ0) is 15.8. The van der Waals surface area contributed by atoms with E-state index in [9.17, 15) is 18.0 Å². The van der Waals surface area contributed by atoms with Crippen LogP contribution >= 0.6 is 0 Å². The van der Waals surface area contributed by atoms with Gasteiger partial charge in [-0.05, 0) is 25.5 Å². The molecule has 1 unspecified atom stereocenters. The van der Waals surface area contributed by atoms with Crippen molar-refractivity contribution in [2.75, 3.05) is 0 Å². The van der Waals surface area contributed by atoms with Gasteiger partial charge in [0.1, 0.15) is 5.65 Å². The highest BCUT2D eigenvalue weighted by Crippen LogP contribution is 2.30. The average molecular weight is 301 g/mol. The third-order valence-corrected chi connectivity index (χ3v) is 3.35. The molecule has 0 saturated carbocycles. The van der Waals surface area contributed by atoms with Crippen molar-refractivity contribution in [3.63, 3.8) is 0 Å². The molecule has 0 amide bonds. The van der Waals surface area contributed by atoms with Crippen molar-refractivity contribution in [1.29, 1.82) is 0 Å². The molecular weight excluding hydrogens is 287 g/mol. The zero-order valence-electron chi connectivity index (χ0n) is 11.4. The Kier molecular flexibility index (Phi) is 3.66. The fourth-order valence-corrected chi connectivity index (χ4v) is 1.85. The van der Waals surface area contributed by atoms with Gasteiger partial charge in [-0.3, -0.25) is 5.32 Å². The van der Waals surface area contributed by atoms with Crippen LogP contribution in [0.1, 0.15) is 18.2 Å². The van der Waals surface area contributed by atoms with Gasteiger partial charge in [0.2, 0.25) is 5.54 Å². The normalized spacial score (nSPS) is 15.1. The zero-order valence-corrected chi connectivity index (χ0v) is 11.4. The lowest BCUT2D eigenvalue weighted by atomic mass is 10.0. The maximum atomic E-state index is 12.9. The molecule has 1 atom stereocenters. The molecule has 2 rings (SSSR count). The van der Waals surface area contributed by atoms with Crippen LogP contribution in [0.2, 0.25) is 0 Å². The molecule has 8 heteroatoms. The molecule has 0 spiro atoms. The van der Waals surface area contributed by atoms with Crippen molar-refractivity contribution < 1.29 is 23.1 Å². The van der Waals surface area contributed by atoms with E-state index in [0.717, 1.165) is 5.56 Å². The number of imidazole rings is 1. The third kappa shape index (κ3) is 2.71. The Balaban J connectivity index is 2.24. The lowest BCUT2D eigenvalue weighted by molar-refractivity contribution is -0.206. The molecule has 0 saturated heterocycles. The van der Waals surface area contributed by atoms with E-state index in [4.69, 9.17) is 5.11 Å². The Morgan fingerprint density at radius 1 is 1.48 bits per heavy atom. The first-order valence-corrected chi connectivity index (χ1v) is 6.13. The van der Waals surface area contributed by atoms with Gasteiger partial charge in [-0.15, -0.1) is 0 Å². The van der Waals surface area contributed by atoms with Crippen LogP contribution in [-0.2, 0) is 11.3 Å². The number of carbonyl (C=O) groups is 1. The summed E-state index contributed by atoms with van der Waals surface area (Å²) < 4.78 is 40.3. The van der Waals surface area contributed by atoms with Gasteiger partial charge in [-0.2, -0.15) is 13.2 Å². The number of alkyl halides is 3. The van der Waals surface area contributed by atoms with Crippen LogP contribution in [-0.4, -0.2) is 32.2 Å². The minimum atomic E-state index is -4.91. The van der Waals surface area contributed by atoms with Crippen LogP contribution in [0.25, 0.3) is 5.65 Å². The van der Waals surface area contributed by atoms with Crippen LogP contribution in [0.4, 0.5) is 13.2 Å². The number of nitrogens with one attached hydrogen (secondary N) is 1. The summed E-state index contributed by atoms with van der Waals surface area (Å²) >= 11 is 0. The molecule has 0 aliphatic heterocycles. The quantitative estimate of drug-likeness (QED) is 0.908. The third-order valence-electron chi connectivity index (χ3n) is 3.35. The Bertz CT molecular complexity index is 681. The maximum absolute atomic E-state index is 12.9. The standard InChI is InChI=1S/C13H14F3N3O2/c1-8-4-3-5-19-7-9(18-10(8)19)6-17-12(2,11(20)21)13(14,15)16/h3-5,7,17H,6H2,1-2H3,(H,20,21).